The van der Waals surface area contributed by atoms with Crippen molar-refractivity contribution in [3.63, 3.8) is 0 Å². The van der Waals surface area contributed by atoms with Crippen molar-refractivity contribution in [2.75, 3.05) is 6.54 Å². The Morgan fingerprint density at radius 3 is 2.46 bits per heavy atom. The number of alkyl carbamates (subject to hydrolysis) is 1. The standard InChI is InChI=1S/C18H24N2O6/c1-18(2,3)26-17(24)20-10-13(9-14(20)15(21)22)19-16(23)25-11-12-7-5-4-6-8-12/h4-8,13-14H,9-11H2,1-3H3,(H,19,23)(H,21,22)/t13-,14-/m0/s1. The van der Waals surface area contributed by atoms with Crippen LogP contribution in [0.1, 0.15) is 32.8 Å². The number of benzene rings is 1. The first kappa shape index (κ1) is 19.6. The Morgan fingerprint density at radius 1 is 1.23 bits per heavy atom. The number of nitrogens with one attached hydrogen (secondary N) is 1. The number of likely N-dealkylation sites (tertiary alicyclic amines) is 1. The predicted molar refractivity (Wildman–Crippen MR) is 92.5 cm³/mol. The van der Waals surface area contributed by atoms with E-state index in [1.54, 1.807) is 20.8 Å². The lowest BCUT2D eigenvalue weighted by Gasteiger charge is -2.26. The highest BCUT2D eigenvalue weighted by molar-refractivity contribution is 5.81. The quantitative estimate of drug-likeness (QED) is 0.850. The Labute approximate surface area is 152 Å². The first-order chi connectivity index (χ1) is 12.2. The van der Waals surface area contributed by atoms with Gasteiger partial charge in [-0.05, 0) is 26.3 Å². The molecule has 26 heavy (non-hydrogen) atoms. The highest BCUT2D eigenvalue weighted by Crippen LogP contribution is 2.22. The van der Waals surface area contributed by atoms with Crippen molar-refractivity contribution in [2.24, 2.45) is 0 Å². The van der Waals surface area contributed by atoms with Crippen LogP contribution in [0, 0.1) is 0 Å². The third kappa shape index (κ3) is 5.65. The summed E-state index contributed by atoms with van der Waals surface area (Å²) in [5, 5.41) is 11.9. The fourth-order valence-electron chi connectivity index (χ4n) is 2.63. The van der Waals surface area contributed by atoms with Crippen molar-refractivity contribution in [3.8, 4) is 0 Å². The van der Waals surface area contributed by atoms with Gasteiger partial charge in [0.1, 0.15) is 18.2 Å². The van der Waals surface area contributed by atoms with E-state index < -0.39 is 35.8 Å². The van der Waals surface area contributed by atoms with Gasteiger partial charge in [-0.2, -0.15) is 0 Å². The van der Waals surface area contributed by atoms with Gasteiger partial charge in [0.15, 0.2) is 0 Å². The van der Waals surface area contributed by atoms with Gasteiger partial charge in [0.25, 0.3) is 0 Å². The summed E-state index contributed by atoms with van der Waals surface area (Å²) in [4.78, 5) is 36.7. The maximum Gasteiger partial charge on any atom is 0.411 e. The molecule has 0 saturated carbocycles. The van der Waals surface area contributed by atoms with Gasteiger partial charge >= 0.3 is 18.2 Å². The van der Waals surface area contributed by atoms with Crippen LogP contribution >= 0.6 is 0 Å². The normalized spacial score (nSPS) is 19.7. The number of carbonyl (C=O) groups is 3. The predicted octanol–water partition coefficient (Wildman–Crippen LogP) is 2.38. The third-order valence-electron chi connectivity index (χ3n) is 3.75. The van der Waals surface area contributed by atoms with E-state index in [2.05, 4.69) is 5.32 Å². The molecule has 0 radical (unpaired) electrons. The molecular formula is C18H24N2O6. The minimum Gasteiger partial charge on any atom is -0.480 e. The zero-order valence-electron chi connectivity index (χ0n) is 15.1. The van der Waals surface area contributed by atoms with E-state index in [0.29, 0.717) is 0 Å². The molecule has 1 heterocycles. The van der Waals surface area contributed by atoms with Crippen molar-refractivity contribution < 1.29 is 29.0 Å². The van der Waals surface area contributed by atoms with Gasteiger partial charge in [0, 0.05) is 13.0 Å². The van der Waals surface area contributed by atoms with E-state index in [0.717, 1.165) is 10.5 Å². The van der Waals surface area contributed by atoms with Crippen LogP contribution in [-0.4, -0.2) is 52.4 Å². The summed E-state index contributed by atoms with van der Waals surface area (Å²) in [7, 11) is 0. The molecular weight excluding hydrogens is 340 g/mol. The van der Waals surface area contributed by atoms with Crippen molar-refractivity contribution >= 4 is 18.2 Å². The zero-order chi connectivity index (χ0) is 19.3. The molecule has 8 heteroatoms. The van der Waals surface area contributed by atoms with Gasteiger partial charge in [0.05, 0.1) is 6.04 Å². The van der Waals surface area contributed by atoms with E-state index in [9.17, 15) is 19.5 Å². The molecule has 1 saturated heterocycles. The minimum absolute atomic E-state index is 0.0479. The number of hydrogen-bond acceptors (Lipinski definition) is 5. The van der Waals surface area contributed by atoms with E-state index in [1.807, 2.05) is 30.3 Å². The molecule has 0 bridgehead atoms. The second kappa shape index (κ2) is 8.07. The number of carboxylic acid groups (broad SMARTS) is 1. The van der Waals surface area contributed by atoms with Gasteiger partial charge in [-0.15, -0.1) is 0 Å². The smallest absolute Gasteiger partial charge is 0.411 e. The minimum atomic E-state index is -1.14. The summed E-state index contributed by atoms with van der Waals surface area (Å²) in [5.74, 6) is -1.14. The maximum atomic E-state index is 12.2. The van der Waals surface area contributed by atoms with Crippen LogP contribution < -0.4 is 5.32 Å². The molecule has 0 spiro atoms. The SMILES string of the molecule is CC(C)(C)OC(=O)N1C[C@@H](NC(=O)OCc2ccccc2)C[C@H]1C(=O)O. The van der Waals surface area contributed by atoms with E-state index >= 15 is 0 Å². The number of hydrogen-bond donors (Lipinski definition) is 2. The monoisotopic (exact) mass is 364 g/mol. The average molecular weight is 364 g/mol. The number of aliphatic carboxylic acids is 1. The van der Waals surface area contributed by atoms with Crippen LogP contribution in [0.5, 0.6) is 0 Å². The molecule has 1 aromatic rings. The molecule has 2 atom stereocenters. The summed E-state index contributed by atoms with van der Waals surface area (Å²) in [6.07, 6.45) is -1.28. The summed E-state index contributed by atoms with van der Waals surface area (Å²) in [6, 6.07) is 7.62. The first-order valence-electron chi connectivity index (χ1n) is 8.35. The molecule has 0 unspecified atom stereocenters. The van der Waals surface area contributed by atoms with Gasteiger partial charge in [0.2, 0.25) is 0 Å². The summed E-state index contributed by atoms with van der Waals surface area (Å²) in [6.45, 7) is 5.26. The average Bonchev–Trinajstić information content (AvgIpc) is 2.96. The fourth-order valence-corrected chi connectivity index (χ4v) is 2.63. The van der Waals surface area contributed by atoms with Crippen molar-refractivity contribution in [3.05, 3.63) is 35.9 Å². The molecule has 2 N–H and O–H groups in total. The number of carbonyl (C=O) groups excluding carboxylic acids is 2. The Morgan fingerprint density at radius 2 is 1.88 bits per heavy atom. The molecule has 2 amide bonds. The molecule has 0 aliphatic carbocycles. The van der Waals surface area contributed by atoms with Crippen LogP contribution in [0.2, 0.25) is 0 Å². The largest absolute Gasteiger partial charge is 0.480 e. The van der Waals surface area contributed by atoms with Crippen LogP contribution in [-0.2, 0) is 20.9 Å². The van der Waals surface area contributed by atoms with Crippen LogP contribution in [0.4, 0.5) is 9.59 Å². The molecule has 1 aliphatic rings. The Bertz CT molecular complexity index is 655. The molecule has 8 nitrogen and oxygen atoms in total. The van der Waals surface area contributed by atoms with Crippen molar-refractivity contribution in [2.45, 2.75) is 51.5 Å². The van der Waals surface area contributed by atoms with E-state index in [-0.39, 0.29) is 19.6 Å². The van der Waals surface area contributed by atoms with Crippen molar-refractivity contribution in [1.82, 2.24) is 10.2 Å². The number of rotatable bonds is 4. The first-order valence-corrected chi connectivity index (χ1v) is 8.35. The lowest BCUT2D eigenvalue weighted by Crippen LogP contribution is -2.44. The molecule has 142 valence electrons. The second-order valence-corrected chi connectivity index (χ2v) is 7.13. The van der Waals surface area contributed by atoms with Crippen LogP contribution in [0.15, 0.2) is 30.3 Å². The Hall–Kier alpha value is -2.77. The molecule has 2 rings (SSSR count). The van der Waals surface area contributed by atoms with Crippen LogP contribution in [0.3, 0.4) is 0 Å². The second-order valence-electron chi connectivity index (χ2n) is 7.13. The van der Waals surface area contributed by atoms with E-state index in [4.69, 9.17) is 9.47 Å². The molecule has 0 aromatic heterocycles. The van der Waals surface area contributed by atoms with E-state index in [1.165, 1.54) is 0 Å². The summed E-state index contributed by atoms with van der Waals surface area (Å²) >= 11 is 0. The molecule has 1 aliphatic heterocycles. The lowest BCUT2D eigenvalue weighted by atomic mass is 10.2. The zero-order valence-corrected chi connectivity index (χ0v) is 15.1. The number of ether oxygens (including phenoxy) is 2. The Balaban J connectivity index is 1.91. The lowest BCUT2D eigenvalue weighted by molar-refractivity contribution is -0.142. The van der Waals surface area contributed by atoms with Crippen molar-refractivity contribution in [1.29, 1.82) is 0 Å². The van der Waals surface area contributed by atoms with Gasteiger partial charge < -0.3 is 19.9 Å². The number of nitrogens with zero attached hydrogens (tertiary/aromatic N) is 1. The topological polar surface area (TPSA) is 105 Å². The molecule has 1 fully saturated rings. The summed E-state index contributed by atoms with van der Waals surface area (Å²) < 4.78 is 10.4. The molecule has 1 aromatic carbocycles. The van der Waals surface area contributed by atoms with Gasteiger partial charge in [-0.1, -0.05) is 30.3 Å². The highest BCUT2D eigenvalue weighted by Gasteiger charge is 2.42. The maximum absolute atomic E-state index is 12.2. The summed E-state index contributed by atoms with van der Waals surface area (Å²) in [5.41, 5.74) is 0.105. The van der Waals surface area contributed by atoms with Gasteiger partial charge in [-0.25, -0.2) is 14.4 Å². The number of amides is 2. The van der Waals surface area contributed by atoms with Crippen LogP contribution in [0.25, 0.3) is 0 Å². The van der Waals surface area contributed by atoms with Gasteiger partial charge in [-0.3, -0.25) is 4.90 Å². The third-order valence-corrected chi connectivity index (χ3v) is 3.75. The Kier molecular flexibility index (Phi) is 6.07. The number of carboxylic acids is 1. The highest BCUT2D eigenvalue weighted by atomic mass is 16.6. The fraction of sp³-hybridized carbons (Fsp3) is 0.500.